The number of urea groups is 1. The Morgan fingerprint density at radius 1 is 1.50 bits per heavy atom. The second kappa shape index (κ2) is 7.19. The zero-order valence-electron chi connectivity index (χ0n) is 8.53. The van der Waals surface area contributed by atoms with Gasteiger partial charge in [0, 0.05) is 30.6 Å². The lowest BCUT2D eigenvalue weighted by Crippen LogP contribution is -2.40. The van der Waals surface area contributed by atoms with Crippen molar-refractivity contribution in [1.29, 1.82) is 0 Å². The molecule has 0 aliphatic rings. The summed E-state index contributed by atoms with van der Waals surface area (Å²) in [5.41, 5.74) is 2.66. The van der Waals surface area contributed by atoms with Crippen LogP contribution in [0.2, 0.25) is 0 Å². The van der Waals surface area contributed by atoms with E-state index in [1.54, 1.807) is 5.51 Å². The van der Waals surface area contributed by atoms with Gasteiger partial charge < -0.3 is 5.32 Å². The summed E-state index contributed by atoms with van der Waals surface area (Å²) in [6.45, 7) is 0.448. The normalized spacial score (nSPS) is 9.81. The van der Waals surface area contributed by atoms with Crippen LogP contribution in [0, 0.1) is 0 Å². The molecule has 0 unspecified atom stereocenters. The molecule has 0 aromatic carbocycles. The summed E-state index contributed by atoms with van der Waals surface area (Å²) in [4.78, 5) is 26.2. The first kappa shape index (κ1) is 12.9. The molecule has 0 radical (unpaired) electrons. The number of carbonyl (C=O) groups is 2. The first-order chi connectivity index (χ1) is 7.72. The molecule has 88 valence electrons. The summed E-state index contributed by atoms with van der Waals surface area (Å²) < 4.78 is 0. The van der Waals surface area contributed by atoms with Crippen LogP contribution < -0.4 is 10.6 Å². The second-order valence-corrected chi connectivity index (χ2v) is 4.07. The summed E-state index contributed by atoms with van der Waals surface area (Å²) in [6, 6.07) is -0.495. The fourth-order valence-electron chi connectivity index (χ4n) is 0.984. The van der Waals surface area contributed by atoms with Crippen LogP contribution in [-0.4, -0.2) is 29.3 Å². The third-order valence-electron chi connectivity index (χ3n) is 1.72. The molecular formula is C9H12ClN3O2S. The number of alkyl halides is 1. The predicted octanol–water partition coefficient (Wildman–Crippen LogP) is 1.14. The summed E-state index contributed by atoms with van der Waals surface area (Å²) in [6.07, 6.45) is 0.793. The number of carbonyl (C=O) groups excluding carboxylic acids is 2. The van der Waals surface area contributed by atoms with Crippen LogP contribution in [0.15, 0.2) is 10.9 Å². The highest BCUT2D eigenvalue weighted by atomic mass is 35.5. The summed E-state index contributed by atoms with van der Waals surface area (Å²) in [5.74, 6) is -0.168. The number of thiazole rings is 1. The highest BCUT2D eigenvalue weighted by Crippen LogP contribution is 2.00. The van der Waals surface area contributed by atoms with Crippen LogP contribution in [-0.2, 0) is 11.2 Å². The minimum absolute atomic E-state index is 0.140. The topological polar surface area (TPSA) is 71.1 Å². The van der Waals surface area contributed by atoms with Gasteiger partial charge >= 0.3 is 6.03 Å². The number of amides is 3. The molecule has 7 heteroatoms. The van der Waals surface area contributed by atoms with Crippen LogP contribution in [0.1, 0.15) is 12.1 Å². The van der Waals surface area contributed by atoms with Crippen molar-refractivity contribution in [3.8, 4) is 0 Å². The Labute approximate surface area is 102 Å². The molecule has 3 amide bonds. The van der Waals surface area contributed by atoms with Crippen molar-refractivity contribution in [2.24, 2.45) is 0 Å². The maximum absolute atomic E-state index is 11.2. The van der Waals surface area contributed by atoms with E-state index in [0.717, 1.165) is 5.69 Å². The molecule has 2 N–H and O–H groups in total. The smallest absolute Gasteiger partial charge is 0.321 e. The van der Waals surface area contributed by atoms with Gasteiger partial charge in [-0.05, 0) is 0 Å². The van der Waals surface area contributed by atoms with E-state index in [1.807, 2.05) is 5.38 Å². The molecule has 1 aromatic rings. The molecule has 1 rings (SSSR count). The van der Waals surface area contributed by atoms with Crippen LogP contribution >= 0.6 is 22.9 Å². The lowest BCUT2D eigenvalue weighted by molar-refractivity contribution is -0.119. The average Bonchev–Trinajstić information content (AvgIpc) is 2.70. The van der Waals surface area contributed by atoms with Gasteiger partial charge in [-0.15, -0.1) is 22.9 Å². The number of rotatable bonds is 5. The molecular weight excluding hydrogens is 250 g/mol. The Kier molecular flexibility index (Phi) is 5.81. The SMILES string of the molecule is O=C(CCCl)NC(=O)NCCc1cscn1. The van der Waals surface area contributed by atoms with Crippen LogP contribution in [0.5, 0.6) is 0 Å². The van der Waals surface area contributed by atoms with E-state index in [2.05, 4.69) is 15.6 Å². The Bertz CT molecular complexity index is 343. The standard InChI is InChI=1S/C9H12ClN3O2S/c10-3-1-8(14)13-9(15)11-4-2-7-5-16-6-12-7/h5-6H,1-4H2,(H2,11,13,14,15). The van der Waals surface area contributed by atoms with Crippen molar-refractivity contribution >= 4 is 34.9 Å². The number of aromatic nitrogens is 1. The first-order valence-corrected chi connectivity index (χ1v) is 6.21. The van der Waals surface area contributed by atoms with Gasteiger partial charge in [0.05, 0.1) is 11.2 Å². The maximum Gasteiger partial charge on any atom is 0.321 e. The molecule has 1 heterocycles. The molecule has 0 fully saturated rings. The van der Waals surface area contributed by atoms with Crippen molar-refractivity contribution in [3.05, 3.63) is 16.6 Å². The molecule has 0 saturated carbocycles. The predicted molar refractivity (Wildman–Crippen MR) is 62.7 cm³/mol. The minimum atomic E-state index is -0.495. The van der Waals surface area contributed by atoms with Crippen molar-refractivity contribution in [2.45, 2.75) is 12.8 Å². The molecule has 0 aliphatic carbocycles. The van der Waals surface area contributed by atoms with Crippen LogP contribution in [0.25, 0.3) is 0 Å². The third kappa shape index (κ3) is 5.09. The monoisotopic (exact) mass is 261 g/mol. The molecule has 16 heavy (non-hydrogen) atoms. The third-order valence-corrected chi connectivity index (χ3v) is 2.55. The van der Waals surface area contributed by atoms with Crippen molar-refractivity contribution in [3.63, 3.8) is 0 Å². The largest absolute Gasteiger partial charge is 0.337 e. The van der Waals surface area contributed by atoms with Crippen LogP contribution in [0.4, 0.5) is 4.79 Å². The number of nitrogens with zero attached hydrogens (tertiary/aromatic N) is 1. The number of hydrogen-bond donors (Lipinski definition) is 2. The van der Waals surface area contributed by atoms with Crippen LogP contribution in [0.3, 0.4) is 0 Å². The fraction of sp³-hybridized carbons (Fsp3) is 0.444. The fourth-order valence-corrected chi connectivity index (χ4v) is 1.75. The van der Waals surface area contributed by atoms with E-state index in [9.17, 15) is 9.59 Å². The zero-order chi connectivity index (χ0) is 11.8. The van der Waals surface area contributed by atoms with Crippen molar-refractivity contribution in [2.75, 3.05) is 12.4 Å². The van der Waals surface area contributed by atoms with Gasteiger partial charge in [0.1, 0.15) is 0 Å². The molecule has 0 aliphatic heterocycles. The number of halogens is 1. The highest BCUT2D eigenvalue weighted by molar-refractivity contribution is 7.07. The molecule has 5 nitrogen and oxygen atoms in total. The van der Waals surface area contributed by atoms with E-state index in [4.69, 9.17) is 11.6 Å². The van der Waals surface area contributed by atoms with E-state index in [-0.39, 0.29) is 18.2 Å². The van der Waals surface area contributed by atoms with Crippen molar-refractivity contribution < 1.29 is 9.59 Å². The molecule has 0 spiro atoms. The molecule has 1 aromatic heterocycles. The maximum atomic E-state index is 11.2. The van der Waals surface area contributed by atoms with Gasteiger partial charge in [0.25, 0.3) is 0 Å². The lowest BCUT2D eigenvalue weighted by atomic mass is 10.3. The molecule has 0 atom stereocenters. The number of hydrogen-bond acceptors (Lipinski definition) is 4. The Balaban J connectivity index is 2.13. The average molecular weight is 262 g/mol. The van der Waals surface area contributed by atoms with Gasteiger partial charge in [-0.3, -0.25) is 10.1 Å². The first-order valence-electron chi connectivity index (χ1n) is 4.73. The van der Waals surface area contributed by atoms with E-state index in [0.29, 0.717) is 13.0 Å². The van der Waals surface area contributed by atoms with Gasteiger partial charge in [-0.1, -0.05) is 0 Å². The number of nitrogens with one attached hydrogen (secondary N) is 2. The quantitative estimate of drug-likeness (QED) is 0.781. The summed E-state index contributed by atoms with van der Waals surface area (Å²) in [7, 11) is 0. The second-order valence-electron chi connectivity index (χ2n) is 2.97. The number of imide groups is 1. The van der Waals surface area contributed by atoms with E-state index >= 15 is 0 Å². The highest BCUT2D eigenvalue weighted by Gasteiger charge is 2.05. The Morgan fingerprint density at radius 2 is 2.31 bits per heavy atom. The van der Waals surface area contributed by atoms with Gasteiger partial charge in [-0.2, -0.15) is 0 Å². The molecule has 0 bridgehead atoms. The van der Waals surface area contributed by atoms with Gasteiger partial charge in [0.15, 0.2) is 0 Å². The Hall–Kier alpha value is -1.14. The Morgan fingerprint density at radius 3 is 2.94 bits per heavy atom. The minimum Gasteiger partial charge on any atom is -0.337 e. The zero-order valence-corrected chi connectivity index (χ0v) is 10.1. The van der Waals surface area contributed by atoms with E-state index in [1.165, 1.54) is 11.3 Å². The summed E-state index contributed by atoms with van der Waals surface area (Å²) >= 11 is 6.86. The molecule has 0 saturated heterocycles. The van der Waals surface area contributed by atoms with Gasteiger partial charge in [0.2, 0.25) is 5.91 Å². The van der Waals surface area contributed by atoms with Crippen molar-refractivity contribution in [1.82, 2.24) is 15.6 Å². The van der Waals surface area contributed by atoms with Gasteiger partial charge in [-0.25, -0.2) is 9.78 Å². The summed E-state index contributed by atoms with van der Waals surface area (Å²) in [5, 5.41) is 6.65. The van der Waals surface area contributed by atoms with E-state index < -0.39 is 6.03 Å². The lowest BCUT2D eigenvalue weighted by Gasteiger charge is -2.04.